The van der Waals surface area contributed by atoms with Gasteiger partial charge in [0.1, 0.15) is 0 Å². The number of ether oxygens (including phenoxy) is 1. The zero-order valence-corrected chi connectivity index (χ0v) is 12.5. The van der Waals surface area contributed by atoms with E-state index >= 15 is 0 Å². The Morgan fingerprint density at radius 1 is 1.37 bits per heavy atom. The lowest BCUT2D eigenvalue weighted by molar-refractivity contribution is -0.0705. The topological polar surface area (TPSA) is 35.2 Å². The summed E-state index contributed by atoms with van der Waals surface area (Å²) in [5.41, 5.74) is 8.99. The molecule has 3 unspecified atom stereocenters. The lowest BCUT2D eigenvalue weighted by atomic mass is 9.73. The maximum Gasteiger partial charge on any atom is 0.0834 e. The maximum atomic E-state index is 6.50. The molecule has 106 valence electrons. The third kappa shape index (κ3) is 3.37. The summed E-state index contributed by atoms with van der Waals surface area (Å²) in [6, 6.07) is 8.77. The summed E-state index contributed by atoms with van der Waals surface area (Å²) in [7, 11) is 1.83. The van der Waals surface area contributed by atoms with Gasteiger partial charge in [-0.1, -0.05) is 49.6 Å². The van der Waals surface area contributed by atoms with Gasteiger partial charge in [0, 0.05) is 13.2 Å². The second kappa shape index (κ2) is 6.06. The molecule has 1 aliphatic carbocycles. The fourth-order valence-electron chi connectivity index (χ4n) is 3.38. The first-order valence-corrected chi connectivity index (χ1v) is 7.42. The van der Waals surface area contributed by atoms with E-state index in [1.807, 2.05) is 7.11 Å². The molecule has 0 heterocycles. The number of methoxy groups -OCH3 is 1. The quantitative estimate of drug-likeness (QED) is 0.901. The summed E-state index contributed by atoms with van der Waals surface area (Å²) in [4.78, 5) is 0. The molecule has 0 aromatic heterocycles. The van der Waals surface area contributed by atoms with E-state index in [9.17, 15) is 0 Å². The highest BCUT2D eigenvalue weighted by molar-refractivity contribution is 5.22. The minimum atomic E-state index is -0.122. The normalized spacial score (nSPS) is 29.2. The highest BCUT2D eigenvalue weighted by Crippen LogP contribution is 2.37. The van der Waals surface area contributed by atoms with Crippen LogP contribution in [0.25, 0.3) is 0 Å². The number of hydrogen-bond donors (Lipinski definition) is 1. The number of nitrogens with two attached hydrogens (primary N) is 1. The van der Waals surface area contributed by atoms with Crippen molar-refractivity contribution >= 4 is 0 Å². The highest BCUT2D eigenvalue weighted by Gasteiger charge is 2.40. The molecule has 1 saturated carbocycles. The Kier molecular flexibility index (Phi) is 4.64. The molecule has 19 heavy (non-hydrogen) atoms. The molecule has 1 aromatic carbocycles. The van der Waals surface area contributed by atoms with Crippen molar-refractivity contribution in [3.8, 4) is 0 Å². The predicted molar refractivity (Wildman–Crippen MR) is 80.2 cm³/mol. The molecule has 2 N–H and O–H groups in total. The van der Waals surface area contributed by atoms with Gasteiger partial charge in [-0.15, -0.1) is 0 Å². The van der Waals surface area contributed by atoms with Gasteiger partial charge in [-0.2, -0.15) is 0 Å². The van der Waals surface area contributed by atoms with Crippen molar-refractivity contribution in [3.63, 3.8) is 0 Å². The molecular formula is C17H27NO. The lowest BCUT2D eigenvalue weighted by Crippen LogP contribution is -2.53. The van der Waals surface area contributed by atoms with Crippen LogP contribution in [0.1, 0.15) is 43.7 Å². The van der Waals surface area contributed by atoms with Gasteiger partial charge in [-0.3, -0.25) is 0 Å². The van der Waals surface area contributed by atoms with Crippen LogP contribution in [0.4, 0.5) is 0 Å². The summed E-state index contributed by atoms with van der Waals surface area (Å²) in [6.45, 7) is 4.43. The zero-order chi connectivity index (χ0) is 13.9. The molecule has 0 radical (unpaired) electrons. The van der Waals surface area contributed by atoms with E-state index in [2.05, 4.69) is 38.1 Å². The molecule has 0 bridgehead atoms. The largest absolute Gasteiger partial charge is 0.377 e. The van der Waals surface area contributed by atoms with Crippen molar-refractivity contribution in [1.29, 1.82) is 0 Å². The molecule has 1 aliphatic rings. The van der Waals surface area contributed by atoms with Crippen LogP contribution in [0, 0.1) is 12.8 Å². The summed E-state index contributed by atoms with van der Waals surface area (Å²) < 4.78 is 5.88. The maximum absolute atomic E-state index is 6.50. The predicted octanol–water partition coefficient (Wildman–Crippen LogP) is 3.46. The van der Waals surface area contributed by atoms with E-state index in [0.717, 1.165) is 25.2 Å². The van der Waals surface area contributed by atoms with Crippen LogP contribution >= 0.6 is 0 Å². The average molecular weight is 261 g/mol. The van der Waals surface area contributed by atoms with Crippen LogP contribution in [-0.4, -0.2) is 18.8 Å². The minimum Gasteiger partial charge on any atom is -0.377 e. The van der Waals surface area contributed by atoms with Crippen LogP contribution in [0.3, 0.4) is 0 Å². The van der Waals surface area contributed by atoms with Gasteiger partial charge in [0.25, 0.3) is 0 Å². The second-order valence-corrected chi connectivity index (χ2v) is 6.27. The standard InChI is InChI=1S/C17H27NO/c1-13-6-8-15(9-7-13)11-16(18)17(19-3)10-4-5-14(2)12-17/h6-9,14,16H,4-5,10-12,18H2,1-3H3. The van der Waals surface area contributed by atoms with Crippen molar-refractivity contribution in [3.05, 3.63) is 35.4 Å². The highest BCUT2D eigenvalue weighted by atomic mass is 16.5. The lowest BCUT2D eigenvalue weighted by Gasteiger charge is -2.43. The molecule has 1 fully saturated rings. The van der Waals surface area contributed by atoms with Gasteiger partial charge in [-0.25, -0.2) is 0 Å². The third-order valence-electron chi connectivity index (χ3n) is 4.65. The Hall–Kier alpha value is -0.860. The molecule has 3 atom stereocenters. The van der Waals surface area contributed by atoms with Crippen LogP contribution in [0.5, 0.6) is 0 Å². The number of hydrogen-bond acceptors (Lipinski definition) is 2. The van der Waals surface area contributed by atoms with Crippen molar-refractivity contribution in [2.75, 3.05) is 7.11 Å². The molecule has 0 spiro atoms. The molecule has 0 saturated heterocycles. The van der Waals surface area contributed by atoms with E-state index in [1.54, 1.807) is 0 Å². The minimum absolute atomic E-state index is 0.0861. The molecule has 2 heteroatoms. The fourth-order valence-corrected chi connectivity index (χ4v) is 3.38. The first-order valence-electron chi connectivity index (χ1n) is 7.42. The van der Waals surface area contributed by atoms with Gasteiger partial charge in [-0.05, 0) is 37.7 Å². The van der Waals surface area contributed by atoms with Gasteiger partial charge >= 0.3 is 0 Å². The first-order chi connectivity index (χ1) is 9.05. The van der Waals surface area contributed by atoms with Gasteiger partial charge in [0.2, 0.25) is 0 Å². The van der Waals surface area contributed by atoms with Crippen LogP contribution in [-0.2, 0) is 11.2 Å². The molecule has 2 rings (SSSR count). The Labute approximate surface area is 117 Å². The number of benzene rings is 1. The smallest absolute Gasteiger partial charge is 0.0834 e. The molecule has 0 aliphatic heterocycles. The Morgan fingerprint density at radius 3 is 2.63 bits per heavy atom. The van der Waals surface area contributed by atoms with Crippen LogP contribution in [0.15, 0.2) is 24.3 Å². The van der Waals surface area contributed by atoms with E-state index in [0.29, 0.717) is 0 Å². The van der Waals surface area contributed by atoms with Gasteiger partial charge in [0.15, 0.2) is 0 Å². The van der Waals surface area contributed by atoms with Crippen LogP contribution in [0.2, 0.25) is 0 Å². The molecule has 2 nitrogen and oxygen atoms in total. The van der Waals surface area contributed by atoms with E-state index < -0.39 is 0 Å². The second-order valence-electron chi connectivity index (χ2n) is 6.27. The third-order valence-corrected chi connectivity index (χ3v) is 4.65. The monoisotopic (exact) mass is 261 g/mol. The zero-order valence-electron chi connectivity index (χ0n) is 12.5. The number of rotatable bonds is 4. The molecule has 0 amide bonds. The van der Waals surface area contributed by atoms with E-state index in [1.165, 1.54) is 24.0 Å². The summed E-state index contributed by atoms with van der Waals surface area (Å²) in [5.74, 6) is 0.720. The summed E-state index contributed by atoms with van der Waals surface area (Å²) in [6.07, 6.45) is 5.64. The molecular weight excluding hydrogens is 234 g/mol. The SMILES string of the molecule is COC1(C(N)Cc2ccc(C)cc2)CCCC(C)C1. The van der Waals surface area contributed by atoms with E-state index in [-0.39, 0.29) is 11.6 Å². The van der Waals surface area contributed by atoms with Gasteiger partial charge < -0.3 is 10.5 Å². The molecule has 1 aromatic rings. The van der Waals surface area contributed by atoms with Crippen LogP contribution < -0.4 is 5.73 Å². The Bertz CT molecular complexity index is 400. The Balaban J connectivity index is 2.08. The van der Waals surface area contributed by atoms with Crippen molar-refractivity contribution in [2.45, 2.75) is 57.6 Å². The van der Waals surface area contributed by atoms with Crippen molar-refractivity contribution < 1.29 is 4.74 Å². The summed E-state index contributed by atoms with van der Waals surface area (Å²) in [5, 5.41) is 0. The number of aryl methyl sites for hydroxylation is 1. The summed E-state index contributed by atoms with van der Waals surface area (Å²) >= 11 is 0. The van der Waals surface area contributed by atoms with Crippen molar-refractivity contribution in [2.24, 2.45) is 11.7 Å². The van der Waals surface area contributed by atoms with E-state index in [4.69, 9.17) is 10.5 Å². The Morgan fingerprint density at radius 2 is 2.05 bits per heavy atom. The van der Waals surface area contributed by atoms with Crippen molar-refractivity contribution in [1.82, 2.24) is 0 Å². The fraction of sp³-hybridized carbons (Fsp3) is 0.647. The van der Waals surface area contributed by atoms with Gasteiger partial charge in [0.05, 0.1) is 5.60 Å². The first kappa shape index (κ1) is 14.5. The average Bonchev–Trinajstić information content (AvgIpc) is 2.41.